The summed E-state index contributed by atoms with van der Waals surface area (Å²) in [4.78, 5) is 53.9. The summed E-state index contributed by atoms with van der Waals surface area (Å²) in [5.74, 6) is -1.22. The first kappa shape index (κ1) is 41.3. The molecule has 8 rings (SSSR count). The van der Waals surface area contributed by atoms with E-state index in [0.29, 0.717) is 16.5 Å². The predicted octanol–water partition coefficient (Wildman–Crippen LogP) is 8.68. The Hall–Kier alpha value is -6.47. The zero-order valence-electron chi connectivity index (χ0n) is 32.9. The van der Waals surface area contributed by atoms with Crippen molar-refractivity contribution in [1.29, 1.82) is 0 Å². The Kier molecular flexibility index (Phi) is 12.8. The van der Waals surface area contributed by atoms with Gasteiger partial charge in [0.05, 0.1) is 0 Å². The number of benzene rings is 5. The molecule has 1 unspecified atom stereocenters. The molecule has 0 aliphatic carbocycles. The van der Waals surface area contributed by atoms with E-state index in [1.165, 1.54) is 35.1 Å². The van der Waals surface area contributed by atoms with Gasteiger partial charge in [-0.2, -0.15) is 0 Å². The smallest absolute Gasteiger partial charge is 0.356 e. The van der Waals surface area contributed by atoms with Crippen LogP contribution in [0, 0.1) is 0 Å². The molecule has 3 heterocycles. The molecule has 2 atom stereocenters. The molecule has 1 aromatic heterocycles. The monoisotopic (exact) mass is 865 g/mol. The van der Waals surface area contributed by atoms with E-state index in [1.807, 2.05) is 115 Å². The minimum absolute atomic E-state index is 0.109. The van der Waals surface area contributed by atoms with Crippen LogP contribution in [0.25, 0.3) is 0 Å². The van der Waals surface area contributed by atoms with Gasteiger partial charge in [-0.1, -0.05) is 169 Å². The normalized spacial score (nSPS) is 16.5. The number of carbonyl (C=O) groups is 3. The van der Waals surface area contributed by atoms with E-state index in [9.17, 15) is 14.4 Å². The Balaban J connectivity index is 1.05. The molecule has 1 fully saturated rings. The molecule has 0 saturated carbocycles. The Morgan fingerprint density at radius 1 is 0.852 bits per heavy atom. The number of β-lactam (4-membered cyclic amide) rings is 1. The van der Waals surface area contributed by atoms with Crippen LogP contribution >= 0.6 is 34.7 Å². The van der Waals surface area contributed by atoms with Gasteiger partial charge < -0.3 is 20.2 Å². The van der Waals surface area contributed by atoms with Crippen LogP contribution in [0.3, 0.4) is 0 Å². The van der Waals surface area contributed by atoms with Crippen LogP contribution in [0.1, 0.15) is 39.6 Å². The van der Waals surface area contributed by atoms with Gasteiger partial charge in [-0.3, -0.25) is 14.5 Å². The number of thioether (sulfide) groups is 1. The second kappa shape index (κ2) is 18.8. The first-order chi connectivity index (χ1) is 29.9. The van der Waals surface area contributed by atoms with Gasteiger partial charge >= 0.3 is 5.97 Å². The summed E-state index contributed by atoms with van der Waals surface area (Å²) in [5.41, 5.74) is 4.49. The van der Waals surface area contributed by atoms with Crippen molar-refractivity contribution >= 4 is 63.3 Å². The van der Waals surface area contributed by atoms with E-state index in [2.05, 4.69) is 52.2 Å². The number of carbonyl (C=O) groups excluding carboxylic acids is 3. The number of hydrogen-bond acceptors (Lipinski definition) is 10. The van der Waals surface area contributed by atoms with Gasteiger partial charge in [-0.25, -0.2) is 9.78 Å². The number of ether oxygens (including phenoxy) is 1. The Bertz CT molecular complexity index is 2440. The van der Waals surface area contributed by atoms with Crippen molar-refractivity contribution < 1.29 is 24.0 Å². The molecule has 13 heteroatoms. The van der Waals surface area contributed by atoms with Crippen molar-refractivity contribution in [3.63, 3.8) is 0 Å². The van der Waals surface area contributed by atoms with Crippen molar-refractivity contribution in [2.24, 2.45) is 5.16 Å². The lowest BCUT2D eigenvalue weighted by Gasteiger charge is -2.49. The number of rotatable bonds is 15. The Labute approximate surface area is 367 Å². The summed E-state index contributed by atoms with van der Waals surface area (Å²) in [6.45, 7) is 0. The predicted molar refractivity (Wildman–Crippen MR) is 241 cm³/mol. The van der Waals surface area contributed by atoms with Gasteiger partial charge in [0.2, 0.25) is 0 Å². The number of amides is 2. The second-order valence-electron chi connectivity index (χ2n) is 14.0. The van der Waals surface area contributed by atoms with Crippen molar-refractivity contribution in [2.75, 3.05) is 24.1 Å². The highest BCUT2D eigenvalue weighted by atomic mass is 35.5. The highest BCUT2D eigenvalue weighted by Crippen LogP contribution is 2.43. The van der Waals surface area contributed by atoms with E-state index >= 15 is 0 Å². The van der Waals surface area contributed by atoms with Crippen LogP contribution in [-0.2, 0) is 29.5 Å². The molecular weight excluding hydrogens is 826 g/mol. The van der Waals surface area contributed by atoms with Crippen molar-refractivity contribution in [2.45, 2.75) is 23.1 Å². The van der Waals surface area contributed by atoms with Gasteiger partial charge in [0.25, 0.3) is 11.8 Å². The number of fused-ring (bicyclic) bond motifs is 1. The molecule has 2 amide bonds. The van der Waals surface area contributed by atoms with Gasteiger partial charge in [0.1, 0.15) is 35.5 Å². The summed E-state index contributed by atoms with van der Waals surface area (Å²) < 4.78 is 6.24. The highest BCUT2D eigenvalue weighted by molar-refractivity contribution is 8.00. The quantitative estimate of drug-likeness (QED) is 0.0263. The van der Waals surface area contributed by atoms with Gasteiger partial charge in [0.15, 0.2) is 16.9 Å². The number of oxime groups is 1. The largest absolute Gasteiger partial charge is 0.448 e. The summed E-state index contributed by atoms with van der Waals surface area (Å²) in [7, 11) is 1.34. The third kappa shape index (κ3) is 8.47. The topological polar surface area (TPSA) is 122 Å². The molecule has 2 aliphatic rings. The lowest BCUT2D eigenvalue weighted by molar-refractivity contribution is -0.154. The molecule has 306 valence electrons. The molecule has 0 bridgehead atoms. The standard InChI is InChI=1S/C48H40ClN5O5S2/c1-58-53-39(38-31-61-47(50-38)52-48(35-23-11-4-12-24-35,36-25-13-5-14-26-36)37-27-15-6-16-28-37)43(55)51-40-44(56)54-41(34(22-17-29-49)30-60-45(40)54)46(57)59-42(32-18-7-2-8-19-32)33-20-9-3-10-21-33/h2-28,31,40,42,45H,29-30H2,1H3,(H,50,52)(H,51,55)/b22-17-,53-39-/t40?,45-/m0/s1. The first-order valence-electron chi connectivity index (χ1n) is 19.5. The third-order valence-corrected chi connectivity index (χ3v) is 12.6. The number of anilines is 1. The molecule has 2 N–H and O–H groups in total. The third-order valence-electron chi connectivity index (χ3n) is 10.4. The average Bonchev–Trinajstić information content (AvgIpc) is 3.79. The number of aromatic nitrogens is 1. The summed E-state index contributed by atoms with van der Waals surface area (Å²) >= 11 is 8.74. The van der Waals surface area contributed by atoms with E-state index in [4.69, 9.17) is 26.2 Å². The van der Waals surface area contributed by atoms with Crippen LogP contribution in [0.5, 0.6) is 0 Å². The fourth-order valence-electron chi connectivity index (χ4n) is 7.58. The van der Waals surface area contributed by atoms with E-state index < -0.39 is 40.8 Å². The number of hydrogen-bond donors (Lipinski definition) is 2. The Morgan fingerprint density at radius 3 is 1.89 bits per heavy atom. The first-order valence-corrected chi connectivity index (χ1v) is 21.9. The molecule has 0 radical (unpaired) electrons. The zero-order valence-corrected chi connectivity index (χ0v) is 35.3. The fraction of sp³-hybridized carbons (Fsp3) is 0.146. The average molecular weight is 866 g/mol. The molecule has 5 aromatic carbocycles. The molecule has 2 aliphatic heterocycles. The van der Waals surface area contributed by atoms with E-state index in [-0.39, 0.29) is 23.0 Å². The Morgan fingerprint density at radius 2 is 1.38 bits per heavy atom. The molecule has 61 heavy (non-hydrogen) atoms. The maximum atomic E-state index is 14.3. The van der Waals surface area contributed by atoms with Crippen LogP contribution in [0.4, 0.5) is 5.13 Å². The highest BCUT2D eigenvalue weighted by Gasteiger charge is 2.55. The number of nitrogens with one attached hydrogen (secondary N) is 2. The number of esters is 1. The van der Waals surface area contributed by atoms with E-state index in [0.717, 1.165) is 27.8 Å². The minimum atomic E-state index is -0.974. The lowest BCUT2D eigenvalue weighted by atomic mass is 9.77. The van der Waals surface area contributed by atoms with Crippen LogP contribution < -0.4 is 10.6 Å². The van der Waals surface area contributed by atoms with Crippen LogP contribution in [0.2, 0.25) is 0 Å². The van der Waals surface area contributed by atoms with Crippen molar-refractivity contribution in [3.8, 4) is 0 Å². The molecule has 6 aromatic rings. The molecule has 0 spiro atoms. The maximum absolute atomic E-state index is 14.3. The number of alkyl halides is 1. The molecule has 10 nitrogen and oxygen atoms in total. The summed E-state index contributed by atoms with van der Waals surface area (Å²) in [5, 5.41) is 12.3. The SMILES string of the molecule is CO/N=C(\C(=O)NC1C(=O)N2C(C(=O)OC(c3ccccc3)c3ccccc3)=C(/C=C\CCl)CS[C@@H]12)c1csc(NC(c2ccccc2)(c2ccccc2)c2ccccc2)n1. The number of thiazole rings is 1. The number of halogens is 1. The van der Waals surface area contributed by atoms with E-state index in [1.54, 1.807) is 17.5 Å². The zero-order chi connectivity index (χ0) is 42.2. The second-order valence-corrected chi connectivity index (χ2v) is 16.3. The van der Waals surface area contributed by atoms with Gasteiger partial charge in [-0.05, 0) is 33.4 Å². The van der Waals surface area contributed by atoms with Crippen LogP contribution in [0.15, 0.2) is 186 Å². The van der Waals surface area contributed by atoms with Gasteiger partial charge in [0, 0.05) is 17.0 Å². The molecule has 1 saturated heterocycles. The number of allylic oxidation sites excluding steroid dienone is 2. The minimum Gasteiger partial charge on any atom is -0.448 e. The van der Waals surface area contributed by atoms with Gasteiger partial charge in [-0.15, -0.1) is 34.7 Å². The molecular formula is C48H40ClN5O5S2. The summed E-state index contributed by atoms with van der Waals surface area (Å²) in [6, 6.07) is 48.2. The number of nitrogens with zero attached hydrogens (tertiary/aromatic N) is 3. The lowest BCUT2D eigenvalue weighted by Crippen LogP contribution is -2.71. The van der Waals surface area contributed by atoms with Crippen molar-refractivity contribution in [3.05, 3.63) is 214 Å². The summed E-state index contributed by atoms with van der Waals surface area (Å²) in [6.07, 6.45) is 2.73. The fourth-order valence-corrected chi connectivity index (χ4v) is 9.74. The maximum Gasteiger partial charge on any atom is 0.356 e. The van der Waals surface area contributed by atoms with Crippen molar-refractivity contribution in [1.82, 2.24) is 15.2 Å². The van der Waals surface area contributed by atoms with Crippen LogP contribution in [-0.4, -0.2) is 63.5 Å².